The number of hydrogen-bond donors (Lipinski definition) is 1. The molecule has 1 aromatic heterocycles. The Hall–Kier alpha value is -1.60. The van der Waals surface area contributed by atoms with Crippen LogP contribution in [0.3, 0.4) is 0 Å². The van der Waals surface area contributed by atoms with E-state index < -0.39 is 0 Å². The highest BCUT2D eigenvalue weighted by atomic mass is 16.5. The van der Waals surface area contributed by atoms with Crippen LogP contribution in [0.25, 0.3) is 0 Å². The molecule has 0 radical (unpaired) electrons. The van der Waals surface area contributed by atoms with Crippen LogP contribution in [0.15, 0.2) is 17.4 Å². The summed E-state index contributed by atoms with van der Waals surface area (Å²) >= 11 is 0. The molecule has 2 rings (SSSR count). The van der Waals surface area contributed by atoms with Gasteiger partial charge in [-0.05, 0) is 26.0 Å². The molecule has 0 aromatic carbocycles. The average Bonchev–Trinajstić information content (AvgIpc) is 3.21. The molecule has 1 atom stereocenters. The molecular formula is C17H32N6O. The van der Waals surface area contributed by atoms with E-state index >= 15 is 0 Å². The molecule has 0 aliphatic carbocycles. The predicted octanol–water partition coefficient (Wildman–Crippen LogP) is 0.753. The standard InChI is InChI=1S/C17H32N6O/c1-5-18-17(19-7-9-21(2)10-11-24-4)23-8-6-15(14-23)16-12-20-22(3)13-16/h12-13,15H,5-11,14H2,1-4H3,(H,18,19). The number of likely N-dealkylation sites (tertiary alicyclic amines) is 1. The van der Waals surface area contributed by atoms with Gasteiger partial charge in [0.2, 0.25) is 0 Å². The summed E-state index contributed by atoms with van der Waals surface area (Å²) in [4.78, 5) is 9.43. The number of methoxy groups -OCH3 is 1. The van der Waals surface area contributed by atoms with Crippen molar-refractivity contribution >= 4 is 5.96 Å². The molecule has 136 valence electrons. The smallest absolute Gasteiger partial charge is 0.193 e. The number of ether oxygens (including phenoxy) is 1. The Labute approximate surface area is 145 Å². The first kappa shape index (κ1) is 18.7. The van der Waals surface area contributed by atoms with E-state index in [0.717, 1.165) is 58.3 Å². The van der Waals surface area contributed by atoms with Gasteiger partial charge >= 0.3 is 0 Å². The summed E-state index contributed by atoms with van der Waals surface area (Å²) < 4.78 is 6.99. The van der Waals surface area contributed by atoms with Crippen molar-refractivity contribution in [2.75, 3.05) is 60.0 Å². The molecule has 1 aliphatic rings. The van der Waals surface area contributed by atoms with Gasteiger partial charge in [0.05, 0.1) is 19.3 Å². The second-order valence-corrected chi connectivity index (χ2v) is 6.41. The topological polar surface area (TPSA) is 57.9 Å². The molecule has 2 heterocycles. The zero-order valence-corrected chi connectivity index (χ0v) is 15.5. The van der Waals surface area contributed by atoms with E-state index in [4.69, 9.17) is 9.73 Å². The first-order valence-corrected chi connectivity index (χ1v) is 8.83. The van der Waals surface area contributed by atoms with Crippen molar-refractivity contribution in [1.82, 2.24) is 24.9 Å². The first-order chi connectivity index (χ1) is 11.6. The quantitative estimate of drug-likeness (QED) is 0.561. The molecule has 0 bridgehead atoms. The minimum absolute atomic E-state index is 0.548. The van der Waals surface area contributed by atoms with E-state index in [2.05, 4.69) is 40.4 Å². The number of aryl methyl sites for hydroxylation is 1. The SMILES string of the molecule is CCNC(=NCCN(C)CCOC)N1CCC(c2cnn(C)c2)C1. The van der Waals surface area contributed by atoms with Gasteiger partial charge in [-0.25, -0.2) is 0 Å². The molecule has 1 aromatic rings. The Balaban J connectivity index is 1.87. The van der Waals surface area contributed by atoms with E-state index in [1.807, 2.05) is 17.9 Å². The number of aliphatic imine (C=N–C) groups is 1. The molecule has 1 aliphatic heterocycles. The van der Waals surface area contributed by atoms with E-state index in [-0.39, 0.29) is 0 Å². The van der Waals surface area contributed by atoms with Gasteiger partial charge in [0, 0.05) is 59.0 Å². The van der Waals surface area contributed by atoms with Crippen molar-refractivity contribution in [3.8, 4) is 0 Å². The summed E-state index contributed by atoms with van der Waals surface area (Å²) in [6, 6.07) is 0. The minimum atomic E-state index is 0.548. The molecule has 1 N–H and O–H groups in total. The zero-order chi connectivity index (χ0) is 17.4. The van der Waals surface area contributed by atoms with Crippen LogP contribution >= 0.6 is 0 Å². The third kappa shape index (κ3) is 5.49. The van der Waals surface area contributed by atoms with Crippen molar-refractivity contribution in [1.29, 1.82) is 0 Å². The largest absolute Gasteiger partial charge is 0.383 e. The second-order valence-electron chi connectivity index (χ2n) is 6.41. The van der Waals surface area contributed by atoms with E-state index in [0.29, 0.717) is 5.92 Å². The van der Waals surface area contributed by atoms with Gasteiger partial charge in [0.25, 0.3) is 0 Å². The summed E-state index contributed by atoms with van der Waals surface area (Å²) in [6.45, 7) is 8.52. The van der Waals surface area contributed by atoms with Crippen LogP contribution in [-0.2, 0) is 11.8 Å². The van der Waals surface area contributed by atoms with E-state index in [9.17, 15) is 0 Å². The molecule has 0 amide bonds. The highest BCUT2D eigenvalue weighted by molar-refractivity contribution is 5.80. The van der Waals surface area contributed by atoms with Crippen LogP contribution in [0, 0.1) is 0 Å². The predicted molar refractivity (Wildman–Crippen MR) is 97.5 cm³/mol. The summed E-state index contributed by atoms with van der Waals surface area (Å²) in [5, 5.41) is 7.73. The van der Waals surface area contributed by atoms with Crippen molar-refractivity contribution in [2.24, 2.45) is 12.0 Å². The van der Waals surface area contributed by atoms with Crippen LogP contribution in [-0.4, -0.2) is 85.6 Å². The maximum absolute atomic E-state index is 5.11. The van der Waals surface area contributed by atoms with Crippen molar-refractivity contribution in [2.45, 2.75) is 19.3 Å². The Morgan fingerprint density at radius 1 is 1.50 bits per heavy atom. The molecular weight excluding hydrogens is 304 g/mol. The zero-order valence-electron chi connectivity index (χ0n) is 15.5. The monoisotopic (exact) mass is 336 g/mol. The van der Waals surface area contributed by atoms with E-state index in [1.54, 1.807) is 7.11 Å². The first-order valence-electron chi connectivity index (χ1n) is 8.83. The highest BCUT2D eigenvalue weighted by Gasteiger charge is 2.26. The lowest BCUT2D eigenvalue weighted by molar-refractivity contribution is 0.163. The van der Waals surface area contributed by atoms with Gasteiger partial charge in [0.15, 0.2) is 5.96 Å². The summed E-state index contributed by atoms with van der Waals surface area (Å²) in [7, 11) is 5.82. The second kappa shape index (κ2) is 9.64. The molecule has 0 saturated carbocycles. The van der Waals surface area contributed by atoms with Gasteiger partial charge in [0.1, 0.15) is 0 Å². The van der Waals surface area contributed by atoms with Gasteiger partial charge < -0.3 is 19.9 Å². The fourth-order valence-electron chi connectivity index (χ4n) is 2.99. The lowest BCUT2D eigenvalue weighted by atomic mass is 10.0. The molecule has 7 heteroatoms. The Morgan fingerprint density at radius 2 is 2.33 bits per heavy atom. The van der Waals surface area contributed by atoms with Crippen LogP contribution in [0.5, 0.6) is 0 Å². The number of likely N-dealkylation sites (N-methyl/N-ethyl adjacent to an activating group) is 1. The maximum atomic E-state index is 5.11. The number of nitrogens with one attached hydrogen (secondary N) is 1. The Bertz CT molecular complexity index is 515. The summed E-state index contributed by atoms with van der Waals surface area (Å²) in [5.41, 5.74) is 1.33. The molecule has 1 fully saturated rings. The van der Waals surface area contributed by atoms with Gasteiger partial charge in [-0.2, -0.15) is 5.10 Å². The van der Waals surface area contributed by atoms with Crippen molar-refractivity contribution in [3.05, 3.63) is 18.0 Å². The number of nitrogens with zero attached hydrogens (tertiary/aromatic N) is 5. The van der Waals surface area contributed by atoms with Crippen molar-refractivity contribution < 1.29 is 4.74 Å². The number of rotatable bonds is 8. The normalized spacial score (nSPS) is 18.6. The Kier molecular flexibility index (Phi) is 7.52. The number of hydrogen-bond acceptors (Lipinski definition) is 4. The fraction of sp³-hybridized carbons (Fsp3) is 0.765. The van der Waals surface area contributed by atoms with Crippen LogP contribution in [0.1, 0.15) is 24.8 Å². The van der Waals surface area contributed by atoms with Crippen LogP contribution < -0.4 is 5.32 Å². The Morgan fingerprint density at radius 3 is 3.00 bits per heavy atom. The third-order valence-corrected chi connectivity index (χ3v) is 4.44. The summed E-state index contributed by atoms with van der Waals surface area (Å²) in [6.07, 6.45) is 5.27. The van der Waals surface area contributed by atoms with Gasteiger partial charge in [-0.15, -0.1) is 0 Å². The number of guanidine groups is 1. The molecule has 1 unspecified atom stereocenters. The fourth-order valence-corrected chi connectivity index (χ4v) is 2.99. The number of aromatic nitrogens is 2. The van der Waals surface area contributed by atoms with Crippen LogP contribution in [0.2, 0.25) is 0 Å². The maximum Gasteiger partial charge on any atom is 0.193 e. The molecule has 7 nitrogen and oxygen atoms in total. The van der Waals surface area contributed by atoms with Gasteiger partial charge in [-0.3, -0.25) is 9.67 Å². The van der Waals surface area contributed by atoms with Crippen molar-refractivity contribution in [3.63, 3.8) is 0 Å². The molecule has 0 spiro atoms. The lowest BCUT2D eigenvalue weighted by Gasteiger charge is -2.22. The lowest BCUT2D eigenvalue weighted by Crippen LogP contribution is -2.40. The van der Waals surface area contributed by atoms with Crippen LogP contribution in [0.4, 0.5) is 0 Å². The molecule has 1 saturated heterocycles. The van der Waals surface area contributed by atoms with Gasteiger partial charge in [-0.1, -0.05) is 0 Å². The van der Waals surface area contributed by atoms with E-state index in [1.165, 1.54) is 5.56 Å². The minimum Gasteiger partial charge on any atom is -0.383 e. The summed E-state index contributed by atoms with van der Waals surface area (Å²) in [5.74, 6) is 1.58. The molecule has 24 heavy (non-hydrogen) atoms. The highest BCUT2D eigenvalue weighted by Crippen LogP contribution is 2.26. The third-order valence-electron chi connectivity index (χ3n) is 4.44. The average molecular weight is 336 g/mol.